The van der Waals surface area contributed by atoms with E-state index in [1.54, 1.807) is 0 Å². The summed E-state index contributed by atoms with van der Waals surface area (Å²) in [5.74, 6) is 1.68. The molecule has 2 saturated heterocycles. The normalized spacial score (nSPS) is 24.8. The van der Waals surface area contributed by atoms with Crippen molar-refractivity contribution >= 4 is 27.6 Å². The zero-order valence-electron chi connectivity index (χ0n) is 15.3. The van der Waals surface area contributed by atoms with Crippen molar-refractivity contribution in [3.8, 4) is 0 Å². The van der Waals surface area contributed by atoms with Crippen LogP contribution in [0.5, 0.6) is 0 Å². The van der Waals surface area contributed by atoms with Crippen molar-refractivity contribution in [2.45, 2.75) is 25.8 Å². The third-order valence-electron chi connectivity index (χ3n) is 5.32. The molecule has 5 nitrogen and oxygen atoms in total. The van der Waals surface area contributed by atoms with E-state index < -0.39 is 0 Å². The van der Waals surface area contributed by atoms with Crippen LogP contribution in [0, 0.1) is 5.92 Å². The highest BCUT2D eigenvalue weighted by Gasteiger charge is 2.24. The molecule has 2 aliphatic rings. The Labute approximate surface area is 160 Å². The zero-order chi connectivity index (χ0) is 17.6. The number of anilines is 1. The summed E-state index contributed by atoms with van der Waals surface area (Å²) < 4.78 is 1.13. The number of rotatable bonds is 5. The van der Waals surface area contributed by atoms with Gasteiger partial charge in [-0.25, -0.2) is 0 Å². The van der Waals surface area contributed by atoms with Gasteiger partial charge in [-0.1, -0.05) is 22.9 Å². The van der Waals surface area contributed by atoms with E-state index in [0.717, 1.165) is 49.0 Å². The second-order valence-electron chi connectivity index (χ2n) is 7.05. The quantitative estimate of drug-likeness (QED) is 0.581. The fraction of sp³-hybridized carbons (Fsp3) is 0.632. The molecule has 3 rings (SSSR count). The molecule has 0 bridgehead atoms. The number of likely N-dealkylation sites (tertiary alicyclic amines) is 1. The van der Waals surface area contributed by atoms with Crippen LogP contribution in [0.25, 0.3) is 0 Å². The molecule has 1 aromatic rings. The monoisotopic (exact) mass is 407 g/mol. The number of hydrogen-bond acceptors (Lipinski definition) is 3. The molecule has 2 heterocycles. The van der Waals surface area contributed by atoms with Gasteiger partial charge in [-0.3, -0.25) is 4.99 Å². The van der Waals surface area contributed by atoms with E-state index >= 15 is 0 Å². The van der Waals surface area contributed by atoms with Crippen LogP contribution in [-0.2, 0) is 0 Å². The van der Waals surface area contributed by atoms with Crippen molar-refractivity contribution in [2.75, 3.05) is 51.2 Å². The maximum atomic E-state index is 4.42. The van der Waals surface area contributed by atoms with E-state index in [1.807, 2.05) is 7.05 Å². The lowest BCUT2D eigenvalue weighted by Crippen LogP contribution is -2.46. The molecule has 2 atom stereocenters. The average molecular weight is 408 g/mol. The second-order valence-corrected chi connectivity index (χ2v) is 7.97. The molecule has 2 aliphatic heterocycles. The van der Waals surface area contributed by atoms with E-state index in [1.165, 1.54) is 25.2 Å². The Morgan fingerprint density at radius 2 is 2.00 bits per heavy atom. The van der Waals surface area contributed by atoms with Crippen molar-refractivity contribution in [1.29, 1.82) is 0 Å². The van der Waals surface area contributed by atoms with Crippen molar-refractivity contribution in [3.05, 3.63) is 28.7 Å². The summed E-state index contributed by atoms with van der Waals surface area (Å²) in [5, 5.41) is 7.13. The fourth-order valence-corrected chi connectivity index (χ4v) is 4.02. The summed E-state index contributed by atoms with van der Waals surface area (Å²) in [6.45, 7) is 8.98. The van der Waals surface area contributed by atoms with Crippen LogP contribution in [0.2, 0.25) is 0 Å². The van der Waals surface area contributed by atoms with Crippen molar-refractivity contribution in [2.24, 2.45) is 10.9 Å². The van der Waals surface area contributed by atoms with Crippen LogP contribution in [0.1, 0.15) is 19.8 Å². The van der Waals surface area contributed by atoms with Gasteiger partial charge in [-0.2, -0.15) is 0 Å². The van der Waals surface area contributed by atoms with Crippen LogP contribution in [0.4, 0.5) is 5.69 Å². The minimum absolute atomic E-state index is 0.450. The van der Waals surface area contributed by atoms with E-state index in [0.29, 0.717) is 6.04 Å². The van der Waals surface area contributed by atoms with Gasteiger partial charge in [0.1, 0.15) is 0 Å². The van der Waals surface area contributed by atoms with E-state index in [-0.39, 0.29) is 0 Å². The molecule has 25 heavy (non-hydrogen) atoms. The summed E-state index contributed by atoms with van der Waals surface area (Å²) in [4.78, 5) is 9.38. The lowest BCUT2D eigenvalue weighted by Gasteiger charge is -2.21. The largest absolute Gasteiger partial charge is 0.369 e. The van der Waals surface area contributed by atoms with E-state index in [9.17, 15) is 0 Å². The highest BCUT2D eigenvalue weighted by molar-refractivity contribution is 9.10. The Morgan fingerprint density at radius 1 is 1.20 bits per heavy atom. The first-order valence-electron chi connectivity index (χ1n) is 9.38. The second kappa shape index (κ2) is 8.90. The van der Waals surface area contributed by atoms with Crippen molar-refractivity contribution < 1.29 is 0 Å². The van der Waals surface area contributed by atoms with Crippen molar-refractivity contribution in [1.82, 2.24) is 15.5 Å². The molecule has 0 saturated carbocycles. The van der Waals surface area contributed by atoms with E-state index in [4.69, 9.17) is 0 Å². The molecule has 0 amide bonds. The third-order valence-corrected chi connectivity index (χ3v) is 5.85. The minimum Gasteiger partial charge on any atom is -0.369 e. The lowest BCUT2D eigenvalue weighted by molar-refractivity contribution is 0.341. The molecule has 0 spiro atoms. The van der Waals surface area contributed by atoms with Crippen molar-refractivity contribution in [3.63, 3.8) is 0 Å². The van der Waals surface area contributed by atoms with Crippen LogP contribution in [0.15, 0.2) is 33.7 Å². The average Bonchev–Trinajstić information content (AvgIpc) is 3.28. The Balaban J connectivity index is 1.44. The number of benzene rings is 1. The molecule has 2 unspecified atom stereocenters. The van der Waals surface area contributed by atoms with Gasteiger partial charge >= 0.3 is 0 Å². The first kappa shape index (κ1) is 18.5. The van der Waals surface area contributed by atoms with Gasteiger partial charge in [0.2, 0.25) is 0 Å². The Morgan fingerprint density at radius 3 is 2.68 bits per heavy atom. The van der Waals surface area contributed by atoms with Crippen LogP contribution in [0.3, 0.4) is 0 Å². The molecule has 1 aromatic carbocycles. The lowest BCUT2D eigenvalue weighted by atomic mass is 10.1. The summed E-state index contributed by atoms with van der Waals surface area (Å²) in [6, 6.07) is 9.03. The number of hydrogen-bond donors (Lipinski definition) is 2. The molecular weight excluding hydrogens is 378 g/mol. The van der Waals surface area contributed by atoms with Crippen LogP contribution < -0.4 is 15.5 Å². The maximum absolute atomic E-state index is 4.42. The highest BCUT2D eigenvalue weighted by Crippen LogP contribution is 2.22. The van der Waals surface area contributed by atoms with Crippen LogP contribution >= 0.6 is 15.9 Å². The Hall–Kier alpha value is -1.27. The topological polar surface area (TPSA) is 42.9 Å². The first-order valence-corrected chi connectivity index (χ1v) is 10.2. The smallest absolute Gasteiger partial charge is 0.191 e. The molecule has 0 radical (unpaired) electrons. The maximum Gasteiger partial charge on any atom is 0.191 e. The predicted molar refractivity (Wildman–Crippen MR) is 109 cm³/mol. The van der Waals surface area contributed by atoms with Gasteiger partial charge in [0.15, 0.2) is 5.96 Å². The molecule has 6 heteroatoms. The Bertz CT molecular complexity index is 574. The Kier molecular flexibility index (Phi) is 6.59. The standard InChI is InChI=1S/C19H30BrN5/c1-3-24-10-8-15(13-24)12-22-19(21-2)23-17-9-11-25(14-17)18-6-4-16(20)5-7-18/h4-7,15,17H,3,8-14H2,1-2H3,(H2,21,22,23). The number of guanidine groups is 1. The molecule has 2 N–H and O–H groups in total. The molecular formula is C19H30BrN5. The number of aliphatic imine (C=N–C) groups is 1. The number of halogens is 1. The zero-order valence-corrected chi connectivity index (χ0v) is 16.9. The fourth-order valence-electron chi connectivity index (χ4n) is 3.76. The minimum atomic E-state index is 0.450. The van der Waals surface area contributed by atoms with Gasteiger partial charge < -0.3 is 20.4 Å². The third kappa shape index (κ3) is 5.11. The van der Waals surface area contributed by atoms with Crippen LogP contribution in [-0.4, -0.2) is 63.2 Å². The van der Waals surface area contributed by atoms with Gasteiger partial charge in [0, 0.05) is 49.4 Å². The molecule has 0 aromatic heterocycles. The summed E-state index contributed by atoms with van der Waals surface area (Å²) in [5.41, 5.74) is 1.29. The first-order chi connectivity index (χ1) is 12.2. The summed E-state index contributed by atoms with van der Waals surface area (Å²) >= 11 is 3.50. The number of nitrogens with zero attached hydrogens (tertiary/aromatic N) is 3. The van der Waals surface area contributed by atoms with E-state index in [2.05, 4.69) is 72.5 Å². The molecule has 2 fully saturated rings. The van der Waals surface area contributed by atoms with Gasteiger partial charge in [-0.05, 0) is 56.1 Å². The summed E-state index contributed by atoms with van der Waals surface area (Å²) in [6.07, 6.45) is 2.43. The van der Waals surface area contributed by atoms with Gasteiger partial charge in [0.25, 0.3) is 0 Å². The predicted octanol–water partition coefficient (Wildman–Crippen LogP) is 2.53. The number of nitrogens with one attached hydrogen (secondary N) is 2. The molecule has 138 valence electrons. The van der Waals surface area contributed by atoms with Gasteiger partial charge in [-0.15, -0.1) is 0 Å². The SMILES string of the molecule is CCN1CCC(CNC(=NC)NC2CCN(c3ccc(Br)cc3)C2)C1. The summed E-state index contributed by atoms with van der Waals surface area (Å²) in [7, 11) is 1.86. The molecule has 0 aliphatic carbocycles. The highest BCUT2D eigenvalue weighted by atomic mass is 79.9. The van der Waals surface area contributed by atoms with Gasteiger partial charge in [0.05, 0.1) is 0 Å².